The van der Waals surface area contributed by atoms with E-state index in [9.17, 15) is 4.79 Å². The average molecular weight is 427 g/mol. The first-order valence-electron chi connectivity index (χ1n) is 11.5. The highest BCUT2D eigenvalue weighted by atomic mass is 16.5. The van der Waals surface area contributed by atoms with E-state index in [1.54, 1.807) is 0 Å². The summed E-state index contributed by atoms with van der Waals surface area (Å²) in [7, 11) is 0. The lowest BCUT2D eigenvalue weighted by Crippen LogP contribution is -2.44. The van der Waals surface area contributed by atoms with Crippen molar-refractivity contribution in [3.63, 3.8) is 0 Å². The zero-order chi connectivity index (χ0) is 21.6. The Labute approximate surface area is 184 Å². The predicted octanol–water partition coefficient (Wildman–Crippen LogP) is 4.25. The zero-order valence-corrected chi connectivity index (χ0v) is 18.6. The molecule has 2 aromatic rings. The van der Waals surface area contributed by atoms with Crippen LogP contribution >= 0.6 is 0 Å². The van der Waals surface area contributed by atoms with Crippen molar-refractivity contribution in [1.29, 1.82) is 0 Å². The van der Waals surface area contributed by atoms with Crippen LogP contribution in [0.5, 0.6) is 0 Å². The standard InChI is InChI=1S/C24H34N4O3/c1-18(2)23-25-10-11-27(23)15-19-6-3-7-20(14-19)26-24(29)28(16-21-8-4-12-30-21)17-22-9-5-13-31-22/h3,6-7,10-11,14,18,21-22H,4-5,8-9,12-13,15-17H2,1-2H3,(H,26,29). The lowest BCUT2D eigenvalue weighted by molar-refractivity contribution is 0.0524. The second kappa shape index (κ2) is 10.3. The highest BCUT2D eigenvalue weighted by Gasteiger charge is 2.27. The molecule has 0 spiro atoms. The molecule has 1 aromatic carbocycles. The van der Waals surface area contributed by atoms with Crippen LogP contribution in [0.25, 0.3) is 0 Å². The normalized spacial score (nSPS) is 21.0. The Morgan fingerprint density at radius 1 is 1.19 bits per heavy atom. The van der Waals surface area contributed by atoms with Crippen molar-refractivity contribution in [3.8, 4) is 0 Å². The van der Waals surface area contributed by atoms with Crippen LogP contribution in [-0.2, 0) is 16.0 Å². The van der Waals surface area contributed by atoms with E-state index in [1.807, 2.05) is 35.5 Å². The van der Waals surface area contributed by atoms with E-state index < -0.39 is 0 Å². The van der Waals surface area contributed by atoms with Crippen molar-refractivity contribution >= 4 is 11.7 Å². The summed E-state index contributed by atoms with van der Waals surface area (Å²) < 4.78 is 13.7. The Morgan fingerprint density at radius 2 is 1.90 bits per heavy atom. The summed E-state index contributed by atoms with van der Waals surface area (Å²) in [5.74, 6) is 1.43. The van der Waals surface area contributed by atoms with E-state index in [0.29, 0.717) is 19.0 Å². The van der Waals surface area contributed by atoms with Gasteiger partial charge in [0.15, 0.2) is 0 Å². The number of ether oxygens (including phenoxy) is 2. The summed E-state index contributed by atoms with van der Waals surface area (Å²) in [6.07, 6.45) is 8.23. The van der Waals surface area contributed by atoms with Crippen LogP contribution in [0.2, 0.25) is 0 Å². The van der Waals surface area contributed by atoms with Gasteiger partial charge in [-0.1, -0.05) is 26.0 Å². The minimum atomic E-state index is -0.0892. The fraction of sp³-hybridized carbons (Fsp3) is 0.583. The van der Waals surface area contributed by atoms with Crippen LogP contribution in [0.3, 0.4) is 0 Å². The summed E-state index contributed by atoms with van der Waals surface area (Å²) in [5, 5.41) is 3.10. The number of hydrogen-bond acceptors (Lipinski definition) is 4. The molecule has 2 aliphatic heterocycles. The number of imidazole rings is 1. The van der Waals surface area contributed by atoms with Crippen LogP contribution in [0.15, 0.2) is 36.7 Å². The van der Waals surface area contributed by atoms with Gasteiger partial charge in [-0.15, -0.1) is 0 Å². The van der Waals surface area contributed by atoms with Crippen LogP contribution in [0.1, 0.15) is 56.8 Å². The van der Waals surface area contributed by atoms with Gasteiger partial charge in [0.2, 0.25) is 0 Å². The Hall–Kier alpha value is -2.38. The van der Waals surface area contributed by atoms with Gasteiger partial charge in [0.05, 0.1) is 12.2 Å². The first-order valence-corrected chi connectivity index (χ1v) is 11.5. The topological polar surface area (TPSA) is 68.6 Å². The maximum atomic E-state index is 13.1. The van der Waals surface area contributed by atoms with Crippen molar-refractivity contribution in [2.75, 3.05) is 31.6 Å². The number of anilines is 1. The number of nitrogens with zero attached hydrogens (tertiary/aromatic N) is 3. The van der Waals surface area contributed by atoms with Gasteiger partial charge < -0.3 is 24.3 Å². The third-order valence-corrected chi connectivity index (χ3v) is 5.98. The molecule has 7 heteroatoms. The van der Waals surface area contributed by atoms with Crippen LogP contribution in [-0.4, -0.2) is 59.0 Å². The molecule has 3 heterocycles. The lowest BCUT2D eigenvalue weighted by Gasteiger charge is -2.28. The molecule has 4 rings (SSSR count). The van der Waals surface area contributed by atoms with Gasteiger partial charge in [0.25, 0.3) is 0 Å². The molecule has 2 amide bonds. The van der Waals surface area contributed by atoms with Gasteiger partial charge in [0, 0.05) is 56.8 Å². The third-order valence-electron chi connectivity index (χ3n) is 5.98. The van der Waals surface area contributed by atoms with Crippen molar-refractivity contribution in [2.24, 2.45) is 0 Å². The van der Waals surface area contributed by atoms with Crippen molar-refractivity contribution < 1.29 is 14.3 Å². The summed E-state index contributed by atoms with van der Waals surface area (Å²) in [5.41, 5.74) is 1.93. The number of urea groups is 1. The number of amides is 2. The van der Waals surface area contributed by atoms with Crippen LogP contribution in [0.4, 0.5) is 10.5 Å². The number of carbonyl (C=O) groups is 1. The molecule has 0 bridgehead atoms. The molecular formula is C24H34N4O3. The Bertz CT molecular complexity index is 836. The molecule has 0 aliphatic carbocycles. The lowest BCUT2D eigenvalue weighted by atomic mass is 10.1. The SMILES string of the molecule is CC(C)c1nccn1Cc1cccc(NC(=O)N(CC2CCCO2)CC2CCCO2)c1. The molecule has 1 aromatic heterocycles. The smallest absolute Gasteiger partial charge is 0.322 e. The van der Waals surface area contributed by atoms with Gasteiger partial charge in [-0.05, 0) is 43.4 Å². The number of rotatable bonds is 8. The summed E-state index contributed by atoms with van der Waals surface area (Å²) in [4.78, 5) is 19.5. The van der Waals surface area contributed by atoms with Crippen molar-refractivity contribution in [1.82, 2.24) is 14.5 Å². The van der Waals surface area contributed by atoms with Crippen LogP contribution < -0.4 is 5.32 Å². The molecule has 2 saturated heterocycles. The molecule has 2 atom stereocenters. The third kappa shape index (κ3) is 5.86. The number of aromatic nitrogens is 2. The van der Waals surface area contributed by atoms with Crippen molar-refractivity contribution in [2.45, 2.75) is 64.2 Å². The van der Waals surface area contributed by atoms with Gasteiger partial charge in [-0.25, -0.2) is 9.78 Å². The molecule has 2 unspecified atom stereocenters. The predicted molar refractivity (Wildman–Crippen MR) is 120 cm³/mol. The molecule has 7 nitrogen and oxygen atoms in total. The van der Waals surface area contributed by atoms with Crippen LogP contribution in [0, 0.1) is 0 Å². The fourth-order valence-electron chi connectivity index (χ4n) is 4.41. The fourth-order valence-corrected chi connectivity index (χ4v) is 4.41. The Balaban J connectivity index is 1.42. The molecule has 0 saturated carbocycles. The Morgan fingerprint density at radius 3 is 2.52 bits per heavy atom. The Kier molecular flexibility index (Phi) is 7.25. The molecule has 31 heavy (non-hydrogen) atoms. The minimum Gasteiger partial charge on any atom is -0.376 e. The van der Waals surface area contributed by atoms with Crippen molar-refractivity contribution in [3.05, 3.63) is 48.0 Å². The summed E-state index contributed by atoms with van der Waals surface area (Å²) >= 11 is 0. The summed E-state index contributed by atoms with van der Waals surface area (Å²) in [6.45, 7) is 7.81. The van der Waals surface area contributed by atoms with Gasteiger partial charge in [-0.2, -0.15) is 0 Å². The first kappa shape index (κ1) is 21.8. The number of carbonyl (C=O) groups excluding carboxylic acids is 1. The molecule has 168 valence electrons. The largest absolute Gasteiger partial charge is 0.376 e. The monoisotopic (exact) mass is 426 g/mol. The highest BCUT2D eigenvalue weighted by molar-refractivity contribution is 5.89. The second-order valence-electron chi connectivity index (χ2n) is 8.87. The van der Waals surface area contributed by atoms with Gasteiger partial charge >= 0.3 is 6.03 Å². The van der Waals surface area contributed by atoms with Gasteiger partial charge in [0.1, 0.15) is 5.82 Å². The van der Waals surface area contributed by atoms with E-state index >= 15 is 0 Å². The van der Waals surface area contributed by atoms with E-state index in [4.69, 9.17) is 9.47 Å². The molecule has 2 fully saturated rings. The quantitative estimate of drug-likeness (QED) is 0.685. The first-order chi connectivity index (χ1) is 15.1. The molecule has 2 aliphatic rings. The minimum absolute atomic E-state index is 0.0892. The maximum Gasteiger partial charge on any atom is 0.322 e. The molecule has 0 radical (unpaired) electrons. The van der Waals surface area contributed by atoms with E-state index in [1.165, 1.54) is 0 Å². The number of hydrogen-bond donors (Lipinski definition) is 1. The number of nitrogens with one attached hydrogen (secondary N) is 1. The van der Waals surface area contributed by atoms with E-state index in [0.717, 1.165) is 62.5 Å². The highest BCUT2D eigenvalue weighted by Crippen LogP contribution is 2.20. The zero-order valence-electron chi connectivity index (χ0n) is 18.6. The van der Waals surface area contributed by atoms with E-state index in [-0.39, 0.29) is 18.2 Å². The second-order valence-corrected chi connectivity index (χ2v) is 8.87. The van der Waals surface area contributed by atoms with Gasteiger partial charge in [-0.3, -0.25) is 0 Å². The average Bonchev–Trinajstić information content (AvgIpc) is 3.51. The molecule has 1 N–H and O–H groups in total. The number of benzene rings is 1. The molecular weight excluding hydrogens is 392 g/mol. The summed E-state index contributed by atoms with van der Waals surface area (Å²) in [6, 6.07) is 7.96. The maximum absolute atomic E-state index is 13.1. The van der Waals surface area contributed by atoms with E-state index in [2.05, 4.69) is 34.8 Å².